The second-order valence-electron chi connectivity index (χ2n) is 12.1. The number of ether oxygens (including phenoxy) is 1. The van der Waals surface area contributed by atoms with E-state index in [1.165, 1.54) is 12.2 Å². The number of hydrogen-bond acceptors (Lipinski definition) is 6. The van der Waals surface area contributed by atoms with Crippen molar-refractivity contribution in [1.82, 2.24) is 0 Å². The van der Waals surface area contributed by atoms with E-state index < -0.39 is 44.2 Å². The van der Waals surface area contributed by atoms with E-state index >= 15 is 0 Å². The van der Waals surface area contributed by atoms with Gasteiger partial charge in [0, 0.05) is 18.7 Å². The van der Waals surface area contributed by atoms with E-state index in [1.54, 1.807) is 18.2 Å². The van der Waals surface area contributed by atoms with Gasteiger partial charge in [0.2, 0.25) is 5.91 Å². The van der Waals surface area contributed by atoms with Gasteiger partial charge >= 0.3 is 0 Å². The van der Waals surface area contributed by atoms with E-state index in [2.05, 4.69) is 13.2 Å². The molecule has 2 aliphatic carbocycles. The van der Waals surface area contributed by atoms with Crippen molar-refractivity contribution >= 4 is 21.4 Å². The number of sulfone groups is 1. The highest BCUT2D eigenvalue weighted by atomic mass is 32.2. The topological polar surface area (TPSA) is 110 Å². The Hall–Kier alpha value is -3.24. The summed E-state index contributed by atoms with van der Waals surface area (Å²) >= 11 is 0. The number of rotatable bonds is 11. The van der Waals surface area contributed by atoms with Crippen LogP contribution in [0.5, 0.6) is 5.75 Å². The maximum atomic E-state index is 14.5. The lowest BCUT2D eigenvalue weighted by atomic mass is 9.68. The summed E-state index contributed by atoms with van der Waals surface area (Å²) in [4.78, 5) is 14.2. The van der Waals surface area contributed by atoms with Crippen LogP contribution in [0.3, 0.4) is 0 Å². The summed E-state index contributed by atoms with van der Waals surface area (Å²) in [5.41, 5.74) is 7.04. The van der Waals surface area contributed by atoms with Crippen LogP contribution in [-0.2, 0) is 21.7 Å². The van der Waals surface area contributed by atoms with Crippen LogP contribution in [0.25, 0.3) is 0 Å². The quantitative estimate of drug-likeness (QED) is 0.351. The van der Waals surface area contributed by atoms with Crippen molar-refractivity contribution in [1.29, 1.82) is 0 Å². The molecule has 1 saturated carbocycles. The monoisotopic (exact) mass is 614 g/mol. The Bertz CT molecular complexity index is 1480. The molecule has 1 fully saturated rings. The largest absolute Gasteiger partial charge is 0.490 e. The molecule has 5 rings (SSSR count). The van der Waals surface area contributed by atoms with Crippen LogP contribution in [0.1, 0.15) is 53.6 Å². The van der Waals surface area contributed by atoms with Gasteiger partial charge in [-0.3, -0.25) is 4.79 Å². The number of primary amides is 1. The number of halogens is 2. The molecular formula is C33H40F2N2O5S. The Morgan fingerprint density at radius 1 is 1.19 bits per heavy atom. The fourth-order valence-corrected chi connectivity index (χ4v) is 9.85. The van der Waals surface area contributed by atoms with Crippen LogP contribution in [-0.4, -0.2) is 62.2 Å². The molecule has 1 aliphatic heterocycles. The molecule has 0 saturated heterocycles. The average Bonchev–Trinajstić information content (AvgIpc) is 3.12. The van der Waals surface area contributed by atoms with E-state index in [0.29, 0.717) is 24.4 Å². The molecule has 1 heterocycles. The molecule has 7 nitrogen and oxygen atoms in total. The van der Waals surface area contributed by atoms with Gasteiger partial charge in [-0.25, -0.2) is 17.2 Å². The zero-order valence-electron chi connectivity index (χ0n) is 24.2. The second-order valence-corrected chi connectivity index (χ2v) is 14.5. The molecule has 2 aromatic rings. The maximum absolute atomic E-state index is 14.5. The predicted molar refractivity (Wildman–Crippen MR) is 163 cm³/mol. The Morgan fingerprint density at radius 2 is 1.95 bits per heavy atom. The molecule has 0 radical (unpaired) electrons. The minimum Gasteiger partial charge on any atom is -0.490 e. The van der Waals surface area contributed by atoms with Crippen LogP contribution in [0, 0.1) is 11.8 Å². The molecule has 43 heavy (non-hydrogen) atoms. The van der Waals surface area contributed by atoms with Crippen LogP contribution < -0.4 is 15.4 Å². The fourth-order valence-electron chi connectivity index (χ4n) is 7.33. The third kappa shape index (κ3) is 5.71. The van der Waals surface area contributed by atoms with Gasteiger partial charge in [0.05, 0.1) is 22.5 Å². The van der Waals surface area contributed by atoms with Crippen LogP contribution in [0.2, 0.25) is 0 Å². The zero-order chi connectivity index (χ0) is 30.9. The summed E-state index contributed by atoms with van der Waals surface area (Å²) in [6, 6.07) is 12.5. The second kappa shape index (κ2) is 12.4. The number of nitrogens with zero attached hydrogens (tertiary/aromatic N) is 1. The Labute approximate surface area is 252 Å². The molecule has 10 heteroatoms. The number of hydrogen-bond donors (Lipinski definition) is 2. The first-order valence-electron chi connectivity index (χ1n) is 14.9. The predicted octanol–water partition coefficient (Wildman–Crippen LogP) is 4.82. The highest BCUT2D eigenvalue weighted by Crippen LogP contribution is 2.49. The van der Waals surface area contributed by atoms with Crippen molar-refractivity contribution in [2.75, 3.05) is 24.6 Å². The van der Waals surface area contributed by atoms with Crippen molar-refractivity contribution in [3.05, 3.63) is 84.5 Å². The minimum atomic E-state index is -4.37. The van der Waals surface area contributed by atoms with E-state index in [1.807, 2.05) is 29.2 Å². The Morgan fingerprint density at radius 3 is 2.60 bits per heavy atom. The number of nitrogens with two attached hydrogens (primary N) is 1. The summed E-state index contributed by atoms with van der Waals surface area (Å²) in [6.45, 7) is 7.90. The Balaban J connectivity index is 1.66. The SMILES string of the molecule is C=CCC[C@@H](C(F)F)S(=O)(=O)C1CCc2ccccc2C12COc1ccc(C(N)=O)cc1N(C[C@@H]1CC[C@H]1[C@@H](O)C=C)C2. The lowest BCUT2D eigenvalue weighted by Gasteiger charge is -2.48. The van der Waals surface area contributed by atoms with Gasteiger partial charge in [0.25, 0.3) is 6.43 Å². The average molecular weight is 615 g/mol. The first-order chi connectivity index (χ1) is 20.5. The number of alkyl halides is 2. The van der Waals surface area contributed by atoms with Gasteiger partial charge in [-0.05, 0) is 79.7 Å². The van der Waals surface area contributed by atoms with Crippen molar-refractivity contribution < 1.29 is 31.8 Å². The number of benzene rings is 2. The number of amides is 1. The number of aryl methyl sites for hydroxylation is 1. The van der Waals surface area contributed by atoms with Gasteiger partial charge in [-0.1, -0.05) is 36.4 Å². The number of allylic oxidation sites excluding steroid dienone is 1. The molecule has 1 spiro atoms. The van der Waals surface area contributed by atoms with E-state index in [0.717, 1.165) is 24.0 Å². The van der Waals surface area contributed by atoms with E-state index in [-0.39, 0.29) is 49.8 Å². The highest BCUT2D eigenvalue weighted by Gasteiger charge is 2.56. The van der Waals surface area contributed by atoms with Crippen LogP contribution in [0.4, 0.5) is 14.5 Å². The van der Waals surface area contributed by atoms with Gasteiger partial charge in [-0.2, -0.15) is 0 Å². The summed E-state index contributed by atoms with van der Waals surface area (Å²) in [6.07, 6.45) is 1.48. The molecule has 0 bridgehead atoms. The number of carbonyl (C=O) groups excluding carboxylic acids is 1. The normalized spacial score (nSPS) is 26.3. The maximum Gasteiger partial charge on any atom is 0.255 e. The van der Waals surface area contributed by atoms with Crippen LogP contribution in [0.15, 0.2) is 67.8 Å². The highest BCUT2D eigenvalue weighted by molar-refractivity contribution is 7.92. The fraction of sp³-hybridized carbons (Fsp3) is 0.485. The van der Waals surface area contributed by atoms with Gasteiger partial charge in [0.15, 0.2) is 9.84 Å². The van der Waals surface area contributed by atoms with E-state index in [9.17, 15) is 27.1 Å². The molecule has 3 N–H and O–H groups in total. The van der Waals surface area contributed by atoms with Crippen molar-refractivity contribution in [3.63, 3.8) is 0 Å². The number of anilines is 1. The van der Waals surface area contributed by atoms with Gasteiger partial charge in [-0.15, -0.1) is 13.2 Å². The summed E-state index contributed by atoms with van der Waals surface area (Å²) in [7, 11) is -4.37. The Kier molecular flexibility index (Phi) is 9.00. The van der Waals surface area contributed by atoms with Crippen molar-refractivity contribution in [3.8, 4) is 5.75 Å². The summed E-state index contributed by atoms with van der Waals surface area (Å²) in [5, 5.41) is 7.60. The summed E-state index contributed by atoms with van der Waals surface area (Å²) < 4.78 is 64.0. The molecule has 2 unspecified atom stereocenters. The lowest BCUT2D eigenvalue weighted by Crippen LogP contribution is -2.59. The third-order valence-corrected chi connectivity index (χ3v) is 12.5. The number of aliphatic hydroxyl groups excluding tert-OH is 1. The van der Waals surface area contributed by atoms with Crippen molar-refractivity contribution in [2.24, 2.45) is 17.6 Å². The van der Waals surface area contributed by atoms with Gasteiger partial charge < -0.3 is 20.5 Å². The number of carbonyl (C=O) groups is 1. The molecule has 232 valence electrons. The molecule has 3 aliphatic rings. The zero-order valence-corrected chi connectivity index (χ0v) is 25.0. The minimum absolute atomic E-state index is 0.0271. The van der Waals surface area contributed by atoms with E-state index in [4.69, 9.17) is 10.5 Å². The first-order valence-corrected chi connectivity index (χ1v) is 16.5. The molecule has 6 atom stereocenters. The summed E-state index contributed by atoms with van der Waals surface area (Å²) in [5.74, 6) is -0.127. The molecule has 1 amide bonds. The lowest BCUT2D eigenvalue weighted by molar-refractivity contribution is 0.0460. The first kappa shape index (κ1) is 31.2. The number of fused-ring (bicyclic) bond motifs is 3. The van der Waals surface area contributed by atoms with Gasteiger partial charge in [0.1, 0.15) is 17.6 Å². The molecule has 0 aromatic heterocycles. The smallest absolute Gasteiger partial charge is 0.255 e. The number of aliphatic hydroxyl groups is 1. The third-order valence-electron chi connectivity index (χ3n) is 9.75. The van der Waals surface area contributed by atoms with Crippen LogP contribution >= 0.6 is 0 Å². The standard InChI is InChI=1S/C33H40F2N2O5S/c1-3-5-10-29(31(34)35)43(40,41)30-16-13-21-8-6-7-9-25(21)33(30)19-37(18-23-11-14-24(23)27(38)4-2)26-17-22(32(36)39)12-15-28(26)42-20-33/h3-4,6-9,12,15,17,23-24,27,29-31,38H,1-2,5,10-11,13-14,16,18-20H2,(H2,36,39)/t23-,24+,27-,29-,30?,33?/m0/s1. The molecular weight excluding hydrogens is 574 g/mol. The molecule has 2 aromatic carbocycles. The van der Waals surface area contributed by atoms with Crippen molar-refractivity contribution in [2.45, 2.75) is 67.0 Å².